The first-order valence-electron chi connectivity index (χ1n) is 6.79. The molecule has 1 atom stereocenters. The van der Waals surface area contributed by atoms with E-state index in [1.807, 2.05) is 11.8 Å². The minimum Gasteiger partial charge on any atom is -0.478 e. The summed E-state index contributed by atoms with van der Waals surface area (Å²) in [5, 5.41) is 8.61. The van der Waals surface area contributed by atoms with Gasteiger partial charge in [0.25, 0.3) is 5.91 Å². The lowest BCUT2D eigenvalue weighted by Crippen LogP contribution is -2.49. The third-order valence-electron chi connectivity index (χ3n) is 3.67. The normalized spacial score (nSPS) is 22.7. The van der Waals surface area contributed by atoms with E-state index in [9.17, 15) is 9.59 Å². The Morgan fingerprint density at radius 1 is 1.48 bits per heavy atom. The van der Waals surface area contributed by atoms with Crippen LogP contribution >= 0.6 is 11.3 Å². The van der Waals surface area contributed by atoms with Crippen LogP contribution in [0.4, 0.5) is 0 Å². The van der Waals surface area contributed by atoms with Gasteiger partial charge < -0.3 is 14.7 Å². The van der Waals surface area contributed by atoms with Crippen molar-refractivity contribution in [2.45, 2.75) is 25.4 Å². The SMILES string of the molecule is COC1(C)CCCN(C(=O)c2ccc(/C=C/C(=O)O)s2)C1. The number of likely N-dealkylation sites (tertiary alicyclic amines) is 1. The molecule has 0 aromatic carbocycles. The van der Waals surface area contributed by atoms with Gasteiger partial charge in [-0.15, -0.1) is 11.3 Å². The smallest absolute Gasteiger partial charge is 0.328 e. The summed E-state index contributed by atoms with van der Waals surface area (Å²) < 4.78 is 5.50. The molecule has 0 aliphatic carbocycles. The number of ether oxygens (including phenoxy) is 1. The van der Waals surface area contributed by atoms with E-state index >= 15 is 0 Å². The highest BCUT2D eigenvalue weighted by Gasteiger charge is 2.33. The van der Waals surface area contributed by atoms with Crippen LogP contribution in [0.1, 0.15) is 34.3 Å². The molecular formula is C15H19NO4S. The number of aliphatic carboxylic acids is 1. The van der Waals surface area contributed by atoms with Crippen molar-refractivity contribution in [3.8, 4) is 0 Å². The van der Waals surface area contributed by atoms with Crippen molar-refractivity contribution in [3.63, 3.8) is 0 Å². The Balaban J connectivity index is 2.08. The van der Waals surface area contributed by atoms with Gasteiger partial charge in [-0.2, -0.15) is 0 Å². The van der Waals surface area contributed by atoms with Gasteiger partial charge in [-0.3, -0.25) is 4.79 Å². The molecule has 1 aromatic rings. The number of carbonyl (C=O) groups is 2. The summed E-state index contributed by atoms with van der Waals surface area (Å²) in [6.45, 7) is 3.33. The number of amides is 1. The van der Waals surface area contributed by atoms with E-state index in [2.05, 4.69) is 0 Å². The largest absolute Gasteiger partial charge is 0.478 e. The van der Waals surface area contributed by atoms with Crippen LogP contribution in [0.25, 0.3) is 6.08 Å². The number of carboxylic acids is 1. The van der Waals surface area contributed by atoms with Crippen LogP contribution in [0.2, 0.25) is 0 Å². The number of carbonyl (C=O) groups excluding carboxylic acids is 1. The average molecular weight is 309 g/mol. The lowest BCUT2D eigenvalue weighted by molar-refractivity contribution is -0.131. The molecule has 1 unspecified atom stereocenters. The van der Waals surface area contributed by atoms with Crippen LogP contribution in [0.5, 0.6) is 0 Å². The molecule has 0 bridgehead atoms. The van der Waals surface area contributed by atoms with E-state index in [1.165, 1.54) is 17.4 Å². The fourth-order valence-electron chi connectivity index (χ4n) is 2.41. The summed E-state index contributed by atoms with van der Waals surface area (Å²) >= 11 is 1.30. The maximum absolute atomic E-state index is 12.5. The summed E-state index contributed by atoms with van der Waals surface area (Å²) in [6, 6.07) is 3.50. The maximum Gasteiger partial charge on any atom is 0.328 e. The summed E-state index contributed by atoms with van der Waals surface area (Å²) in [5.74, 6) is -1.01. The predicted molar refractivity (Wildman–Crippen MR) is 81.5 cm³/mol. The summed E-state index contributed by atoms with van der Waals surface area (Å²) in [7, 11) is 1.67. The minimum atomic E-state index is -0.997. The second-order valence-corrected chi connectivity index (χ2v) is 6.47. The van der Waals surface area contributed by atoms with Gasteiger partial charge in [-0.25, -0.2) is 4.79 Å². The average Bonchev–Trinajstić information content (AvgIpc) is 2.93. The maximum atomic E-state index is 12.5. The van der Waals surface area contributed by atoms with Crippen molar-refractivity contribution in [3.05, 3.63) is 28.0 Å². The zero-order valence-corrected chi connectivity index (χ0v) is 13.0. The van der Waals surface area contributed by atoms with Gasteiger partial charge in [0.05, 0.1) is 10.5 Å². The van der Waals surface area contributed by atoms with Gasteiger partial charge in [0, 0.05) is 31.2 Å². The summed E-state index contributed by atoms with van der Waals surface area (Å²) in [5.41, 5.74) is -0.281. The number of nitrogens with zero attached hydrogens (tertiary/aromatic N) is 1. The number of carboxylic acid groups (broad SMARTS) is 1. The molecule has 0 saturated carbocycles. The zero-order valence-electron chi connectivity index (χ0n) is 12.2. The van der Waals surface area contributed by atoms with Crippen LogP contribution in [0.15, 0.2) is 18.2 Å². The highest BCUT2D eigenvalue weighted by atomic mass is 32.1. The van der Waals surface area contributed by atoms with Crippen molar-refractivity contribution in [1.82, 2.24) is 4.90 Å². The molecule has 1 N–H and O–H groups in total. The molecule has 6 heteroatoms. The highest BCUT2D eigenvalue weighted by molar-refractivity contribution is 7.14. The molecule has 1 saturated heterocycles. The van der Waals surface area contributed by atoms with Crippen molar-refractivity contribution in [2.75, 3.05) is 20.2 Å². The molecular weight excluding hydrogens is 290 g/mol. The Kier molecular flexibility index (Phi) is 4.80. The van der Waals surface area contributed by atoms with E-state index < -0.39 is 5.97 Å². The number of hydrogen-bond donors (Lipinski definition) is 1. The number of thiophene rings is 1. The van der Waals surface area contributed by atoms with Crippen LogP contribution in [-0.4, -0.2) is 47.7 Å². The first-order valence-corrected chi connectivity index (χ1v) is 7.60. The second kappa shape index (κ2) is 6.41. The Morgan fingerprint density at radius 3 is 2.90 bits per heavy atom. The monoisotopic (exact) mass is 309 g/mol. The molecule has 21 heavy (non-hydrogen) atoms. The number of rotatable bonds is 4. The lowest BCUT2D eigenvalue weighted by Gasteiger charge is -2.39. The number of piperidine rings is 1. The van der Waals surface area contributed by atoms with Crippen LogP contribution in [-0.2, 0) is 9.53 Å². The molecule has 1 fully saturated rings. The molecule has 1 amide bonds. The molecule has 1 aliphatic rings. The van der Waals surface area contributed by atoms with E-state index in [4.69, 9.17) is 9.84 Å². The summed E-state index contributed by atoms with van der Waals surface area (Å²) in [6.07, 6.45) is 4.44. The standard InChI is InChI=1S/C15H19NO4S/c1-15(20-2)8-3-9-16(10-15)14(19)12-6-4-11(21-12)5-7-13(17)18/h4-7H,3,8-10H2,1-2H3,(H,17,18)/b7-5+. The molecule has 5 nitrogen and oxygen atoms in total. The minimum absolute atomic E-state index is 0.0158. The topological polar surface area (TPSA) is 66.8 Å². The van der Waals surface area contributed by atoms with Crippen molar-refractivity contribution in [2.24, 2.45) is 0 Å². The van der Waals surface area contributed by atoms with Crippen molar-refractivity contribution in [1.29, 1.82) is 0 Å². The van der Waals surface area contributed by atoms with Crippen molar-refractivity contribution < 1.29 is 19.4 Å². The van der Waals surface area contributed by atoms with Crippen LogP contribution in [0.3, 0.4) is 0 Å². The van der Waals surface area contributed by atoms with Crippen LogP contribution in [0, 0.1) is 0 Å². The Morgan fingerprint density at radius 2 is 2.24 bits per heavy atom. The Hall–Kier alpha value is -1.66. The molecule has 0 spiro atoms. The first kappa shape index (κ1) is 15.7. The van der Waals surface area contributed by atoms with Crippen molar-refractivity contribution >= 4 is 29.3 Å². The quantitative estimate of drug-likeness (QED) is 0.868. The van der Waals surface area contributed by atoms with E-state index in [0.29, 0.717) is 11.4 Å². The Bertz CT molecular complexity index is 566. The van der Waals surface area contributed by atoms with Crippen LogP contribution < -0.4 is 0 Å². The van der Waals surface area contributed by atoms with Gasteiger partial charge >= 0.3 is 5.97 Å². The number of methoxy groups -OCH3 is 1. The molecule has 1 aliphatic heterocycles. The zero-order chi connectivity index (χ0) is 15.5. The van der Waals surface area contributed by atoms with E-state index in [0.717, 1.165) is 30.3 Å². The van der Waals surface area contributed by atoms with Gasteiger partial charge in [-0.1, -0.05) is 0 Å². The molecule has 2 rings (SSSR count). The lowest BCUT2D eigenvalue weighted by atomic mass is 9.94. The molecule has 1 aromatic heterocycles. The third kappa shape index (κ3) is 3.92. The molecule has 0 radical (unpaired) electrons. The van der Waals surface area contributed by atoms with E-state index in [1.54, 1.807) is 19.2 Å². The predicted octanol–water partition coefficient (Wildman–Crippen LogP) is 2.49. The van der Waals surface area contributed by atoms with E-state index in [-0.39, 0.29) is 11.5 Å². The number of hydrogen-bond acceptors (Lipinski definition) is 4. The third-order valence-corrected chi connectivity index (χ3v) is 4.71. The highest BCUT2D eigenvalue weighted by Crippen LogP contribution is 2.27. The van der Waals surface area contributed by atoms with Gasteiger partial charge in [-0.05, 0) is 38.0 Å². The second-order valence-electron chi connectivity index (χ2n) is 5.36. The fourth-order valence-corrected chi connectivity index (χ4v) is 3.29. The fraction of sp³-hybridized carbons (Fsp3) is 0.467. The molecule has 2 heterocycles. The molecule has 114 valence electrons. The van der Waals surface area contributed by atoms with Gasteiger partial charge in [0.15, 0.2) is 0 Å². The summed E-state index contributed by atoms with van der Waals surface area (Å²) in [4.78, 5) is 26.2. The Labute approximate surface area is 127 Å². The first-order chi connectivity index (χ1) is 9.93. The van der Waals surface area contributed by atoms with Gasteiger partial charge in [0.2, 0.25) is 0 Å². The van der Waals surface area contributed by atoms with Gasteiger partial charge in [0.1, 0.15) is 0 Å².